The minimum Gasteiger partial charge on any atom is -0.305 e. The molecule has 2 aromatic carbocycles. The number of hydrogen-bond acceptors (Lipinski definition) is 4. The second-order valence-corrected chi connectivity index (χ2v) is 9.24. The average Bonchev–Trinajstić information content (AvgIpc) is 3.39. The molecule has 0 spiro atoms. The van der Waals surface area contributed by atoms with E-state index in [4.69, 9.17) is 0 Å². The SMILES string of the molecule is Cn1c(=O)c(=O)n(Cc2ccccc2)c2ccc(S(=O)(=O)NC3(C)CC3)cc21. The Bertz CT molecular complexity index is 1290. The molecule has 1 fully saturated rings. The van der Waals surface area contributed by atoms with Crippen molar-refractivity contribution in [2.75, 3.05) is 0 Å². The van der Waals surface area contributed by atoms with E-state index in [0.717, 1.165) is 18.4 Å². The molecule has 0 unspecified atom stereocenters. The number of aryl methyl sites for hydroxylation is 1. The van der Waals surface area contributed by atoms with Crippen molar-refractivity contribution in [1.29, 1.82) is 0 Å². The van der Waals surface area contributed by atoms with Crippen molar-refractivity contribution < 1.29 is 8.42 Å². The first-order valence-corrected chi connectivity index (χ1v) is 10.5. The number of sulfonamides is 1. The van der Waals surface area contributed by atoms with Crippen molar-refractivity contribution in [3.8, 4) is 0 Å². The molecular formula is C20H21N3O4S. The summed E-state index contributed by atoms with van der Waals surface area (Å²) < 4.78 is 30.7. The summed E-state index contributed by atoms with van der Waals surface area (Å²) in [6.07, 6.45) is 1.60. The van der Waals surface area contributed by atoms with Gasteiger partial charge in [-0.05, 0) is 43.5 Å². The van der Waals surface area contributed by atoms with Gasteiger partial charge < -0.3 is 4.57 Å². The van der Waals surface area contributed by atoms with Crippen LogP contribution in [-0.2, 0) is 23.6 Å². The molecule has 1 aliphatic carbocycles. The first-order valence-electron chi connectivity index (χ1n) is 9.02. The van der Waals surface area contributed by atoms with Crippen molar-refractivity contribution in [2.45, 2.75) is 36.7 Å². The molecule has 8 heteroatoms. The van der Waals surface area contributed by atoms with Crippen LogP contribution in [0.2, 0.25) is 0 Å². The fourth-order valence-corrected chi connectivity index (χ4v) is 4.73. The first-order chi connectivity index (χ1) is 13.2. The lowest BCUT2D eigenvalue weighted by Gasteiger charge is -2.16. The third-order valence-corrected chi connectivity index (χ3v) is 6.84. The topological polar surface area (TPSA) is 90.2 Å². The standard InChI is InChI=1S/C20H21N3O4S/c1-20(10-11-20)21-28(26,27)15-8-9-16-17(12-15)22(2)18(24)19(25)23(16)13-14-6-4-3-5-7-14/h3-9,12,21H,10-11,13H2,1-2H3. The molecule has 0 bridgehead atoms. The molecule has 0 radical (unpaired) electrons. The van der Waals surface area contributed by atoms with Crippen molar-refractivity contribution in [1.82, 2.24) is 13.9 Å². The van der Waals surface area contributed by atoms with Crippen molar-refractivity contribution in [3.05, 3.63) is 74.8 Å². The van der Waals surface area contributed by atoms with Crippen LogP contribution >= 0.6 is 0 Å². The molecule has 0 saturated heterocycles. The summed E-state index contributed by atoms with van der Waals surface area (Å²) in [5, 5.41) is 0. The number of rotatable bonds is 5. The van der Waals surface area contributed by atoms with Gasteiger partial charge in [0.05, 0.1) is 22.5 Å². The van der Waals surface area contributed by atoms with E-state index in [1.807, 2.05) is 37.3 Å². The third kappa shape index (κ3) is 3.29. The number of hydrogen-bond donors (Lipinski definition) is 1. The Morgan fingerprint density at radius 2 is 1.68 bits per heavy atom. The highest BCUT2D eigenvalue weighted by Crippen LogP contribution is 2.36. The molecule has 1 heterocycles. The van der Waals surface area contributed by atoms with Gasteiger partial charge in [-0.15, -0.1) is 0 Å². The number of fused-ring (bicyclic) bond motifs is 1. The minimum absolute atomic E-state index is 0.0769. The zero-order valence-corrected chi connectivity index (χ0v) is 16.5. The minimum atomic E-state index is -3.71. The molecule has 1 saturated carbocycles. The third-order valence-electron chi connectivity index (χ3n) is 5.21. The summed E-state index contributed by atoms with van der Waals surface area (Å²) in [4.78, 5) is 25.1. The molecule has 1 aliphatic rings. The zero-order chi connectivity index (χ0) is 20.1. The average molecular weight is 399 g/mol. The largest absolute Gasteiger partial charge is 0.317 e. The van der Waals surface area contributed by atoms with E-state index in [9.17, 15) is 18.0 Å². The normalized spacial score (nSPS) is 15.6. The highest BCUT2D eigenvalue weighted by Gasteiger charge is 2.41. The molecule has 28 heavy (non-hydrogen) atoms. The van der Waals surface area contributed by atoms with E-state index >= 15 is 0 Å². The second-order valence-electron chi connectivity index (χ2n) is 7.56. The maximum Gasteiger partial charge on any atom is 0.317 e. The van der Waals surface area contributed by atoms with E-state index in [-0.39, 0.29) is 11.4 Å². The van der Waals surface area contributed by atoms with Gasteiger partial charge in [-0.2, -0.15) is 0 Å². The fourth-order valence-electron chi connectivity index (χ4n) is 3.24. The molecule has 3 aromatic rings. The van der Waals surface area contributed by atoms with Gasteiger partial charge >= 0.3 is 11.1 Å². The predicted molar refractivity (Wildman–Crippen MR) is 107 cm³/mol. The van der Waals surface area contributed by atoms with Crippen molar-refractivity contribution in [3.63, 3.8) is 0 Å². The van der Waals surface area contributed by atoms with Crippen LogP contribution in [0.1, 0.15) is 25.3 Å². The lowest BCUT2D eigenvalue weighted by Crippen LogP contribution is -2.41. The Morgan fingerprint density at radius 3 is 2.32 bits per heavy atom. The Kier molecular flexibility index (Phi) is 4.28. The fraction of sp³-hybridized carbons (Fsp3) is 0.300. The van der Waals surface area contributed by atoms with Crippen LogP contribution in [-0.4, -0.2) is 23.1 Å². The van der Waals surface area contributed by atoms with E-state index in [1.54, 1.807) is 6.07 Å². The predicted octanol–water partition coefficient (Wildman–Crippen LogP) is 1.58. The van der Waals surface area contributed by atoms with Gasteiger partial charge in [0.2, 0.25) is 10.0 Å². The van der Waals surface area contributed by atoms with Gasteiger partial charge in [-0.1, -0.05) is 30.3 Å². The molecule has 1 N–H and O–H groups in total. The lowest BCUT2D eigenvalue weighted by atomic mass is 10.2. The Labute approximate surface area is 162 Å². The molecule has 1 aromatic heterocycles. The molecule has 0 aliphatic heterocycles. The maximum atomic E-state index is 12.7. The number of aromatic nitrogens is 2. The van der Waals surface area contributed by atoms with Crippen LogP contribution in [0.25, 0.3) is 11.0 Å². The zero-order valence-electron chi connectivity index (χ0n) is 15.7. The summed E-state index contributed by atoms with van der Waals surface area (Å²) in [7, 11) is -2.23. The molecule has 0 atom stereocenters. The molecule has 7 nitrogen and oxygen atoms in total. The van der Waals surface area contributed by atoms with Crippen LogP contribution in [0.15, 0.2) is 63.0 Å². The highest BCUT2D eigenvalue weighted by atomic mass is 32.2. The van der Waals surface area contributed by atoms with Gasteiger partial charge in [0, 0.05) is 12.6 Å². The maximum absolute atomic E-state index is 12.7. The van der Waals surface area contributed by atoms with Gasteiger partial charge in [-0.3, -0.25) is 14.2 Å². The van der Waals surface area contributed by atoms with E-state index in [1.165, 1.54) is 28.3 Å². The van der Waals surface area contributed by atoms with Crippen LogP contribution in [0.5, 0.6) is 0 Å². The summed E-state index contributed by atoms with van der Waals surface area (Å²) in [5.74, 6) is 0. The summed E-state index contributed by atoms with van der Waals surface area (Å²) in [6.45, 7) is 2.09. The first kappa shape index (κ1) is 18.6. The van der Waals surface area contributed by atoms with Crippen LogP contribution in [0, 0.1) is 0 Å². The van der Waals surface area contributed by atoms with E-state index in [2.05, 4.69) is 4.72 Å². The highest BCUT2D eigenvalue weighted by molar-refractivity contribution is 7.89. The van der Waals surface area contributed by atoms with Gasteiger partial charge in [0.1, 0.15) is 0 Å². The second kappa shape index (κ2) is 6.42. The van der Waals surface area contributed by atoms with E-state index < -0.39 is 26.7 Å². The quantitative estimate of drug-likeness (QED) is 0.660. The van der Waals surface area contributed by atoms with Gasteiger partial charge in [-0.25, -0.2) is 13.1 Å². The molecule has 146 valence electrons. The van der Waals surface area contributed by atoms with E-state index in [0.29, 0.717) is 11.0 Å². The summed E-state index contributed by atoms with van der Waals surface area (Å²) in [5.41, 5.74) is 0.0421. The summed E-state index contributed by atoms with van der Waals surface area (Å²) in [6, 6.07) is 13.8. The van der Waals surface area contributed by atoms with Gasteiger partial charge in [0.25, 0.3) is 0 Å². The number of benzene rings is 2. The molecule has 4 rings (SSSR count). The number of nitrogens with one attached hydrogen (secondary N) is 1. The Morgan fingerprint density at radius 1 is 1.00 bits per heavy atom. The Balaban J connectivity index is 1.88. The number of nitrogens with zero attached hydrogens (tertiary/aromatic N) is 2. The smallest absolute Gasteiger partial charge is 0.305 e. The molecule has 0 amide bonds. The van der Waals surface area contributed by atoms with Crippen LogP contribution in [0.4, 0.5) is 0 Å². The van der Waals surface area contributed by atoms with Crippen molar-refractivity contribution >= 4 is 21.1 Å². The van der Waals surface area contributed by atoms with Crippen LogP contribution < -0.4 is 15.8 Å². The van der Waals surface area contributed by atoms with Gasteiger partial charge in [0.15, 0.2) is 0 Å². The lowest BCUT2D eigenvalue weighted by molar-refractivity contribution is 0.558. The van der Waals surface area contributed by atoms with Crippen LogP contribution in [0.3, 0.4) is 0 Å². The Hall–Kier alpha value is -2.71. The molecular weight excluding hydrogens is 378 g/mol. The van der Waals surface area contributed by atoms with Crippen molar-refractivity contribution in [2.24, 2.45) is 7.05 Å². The summed E-state index contributed by atoms with van der Waals surface area (Å²) >= 11 is 0. The monoisotopic (exact) mass is 399 g/mol.